The molecule has 8 nitrogen and oxygen atoms in total. The third kappa shape index (κ3) is 2.46. The van der Waals surface area contributed by atoms with E-state index in [1.165, 1.54) is 6.33 Å². The molecule has 4 rings (SSSR count). The van der Waals surface area contributed by atoms with Crippen molar-refractivity contribution in [3.05, 3.63) is 48.2 Å². The second kappa shape index (κ2) is 5.89. The predicted molar refractivity (Wildman–Crippen MR) is 84.1 cm³/mol. The molecule has 1 saturated heterocycles. The van der Waals surface area contributed by atoms with E-state index in [4.69, 9.17) is 4.74 Å². The highest BCUT2D eigenvalue weighted by Gasteiger charge is 2.27. The van der Waals surface area contributed by atoms with Gasteiger partial charge in [0, 0.05) is 12.5 Å². The van der Waals surface area contributed by atoms with Gasteiger partial charge >= 0.3 is 5.97 Å². The number of aromatic carboxylic acids is 1. The van der Waals surface area contributed by atoms with E-state index >= 15 is 0 Å². The van der Waals surface area contributed by atoms with E-state index < -0.39 is 5.97 Å². The Morgan fingerprint density at radius 1 is 1.33 bits per heavy atom. The third-order valence-corrected chi connectivity index (χ3v) is 3.98. The predicted octanol–water partition coefficient (Wildman–Crippen LogP) is 1.86. The number of para-hydroxylation sites is 1. The minimum Gasteiger partial charge on any atom is -0.477 e. The maximum atomic E-state index is 11.4. The second-order valence-electron chi connectivity index (χ2n) is 5.53. The van der Waals surface area contributed by atoms with Crippen molar-refractivity contribution in [2.45, 2.75) is 12.3 Å². The number of benzene rings is 1. The summed E-state index contributed by atoms with van der Waals surface area (Å²) in [6.07, 6.45) is 2.20. The molecular weight excluding hydrogens is 310 g/mol. The van der Waals surface area contributed by atoms with Crippen molar-refractivity contribution < 1.29 is 14.6 Å². The van der Waals surface area contributed by atoms with Crippen LogP contribution in [0.1, 0.15) is 28.7 Å². The van der Waals surface area contributed by atoms with E-state index in [1.54, 1.807) is 4.68 Å². The molecule has 24 heavy (non-hydrogen) atoms. The number of carboxylic acid groups (broad SMARTS) is 1. The molecule has 3 heterocycles. The summed E-state index contributed by atoms with van der Waals surface area (Å²) in [5, 5.41) is 13.9. The molecule has 8 heteroatoms. The lowest BCUT2D eigenvalue weighted by Crippen LogP contribution is -2.05. The van der Waals surface area contributed by atoms with Gasteiger partial charge < -0.3 is 14.8 Å². The van der Waals surface area contributed by atoms with Gasteiger partial charge in [0.1, 0.15) is 5.69 Å². The lowest BCUT2D eigenvalue weighted by molar-refractivity contribution is 0.0692. The van der Waals surface area contributed by atoms with E-state index in [-0.39, 0.29) is 17.3 Å². The highest BCUT2D eigenvalue weighted by molar-refractivity contribution is 5.91. The number of nitrogens with zero attached hydrogens (tertiary/aromatic N) is 4. The molecule has 0 saturated carbocycles. The third-order valence-electron chi connectivity index (χ3n) is 3.98. The first kappa shape index (κ1) is 14.6. The highest BCUT2D eigenvalue weighted by Crippen LogP contribution is 2.28. The van der Waals surface area contributed by atoms with E-state index in [2.05, 4.69) is 20.1 Å². The number of carboxylic acids is 1. The van der Waals surface area contributed by atoms with E-state index in [1.807, 2.05) is 30.3 Å². The van der Waals surface area contributed by atoms with Gasteiger partial charge in [-0.25, -0.2) is 19.4 Å². The van der Waals surface area contributed by atoms with Gasteiger partial charge in [-0.3, -0.25) is 0 Å². The topological polar surface area (TPSA) is 106 Å². The number of carbonyl (C=O) groups is 1. The number of H-pyrrole nitrogens is 1. The normalized spacial score (nSPS) is 17.2. The largest absolute Gasteiger partial charge is 0.477 e. The van der Waals surface area contributed by atoms with Crippen LogP contribution in [0.15, 0.2) is 36.7 Å². The highest BCUT2D eigenvalue weighted by atomic mass is 16.5. The molecule has 1 aromatic carbocycles. The smallest absolute Gasteiger partial charge is 0.354 e. The van der Waals surface area contributed by atoms with E-state index in [9.17, 15) is 9.90 Å². The van der Waals surface area contributed by atoms with E-state index in [0.717, 1.165) is 12.1 Å². The number of rotatable bonds is 4. The quantitative estimate of drug-likeness (QED) is 0.758. The molecule has 0 spiro atoms. The fraction of sp³-hybridized carbons (Fsp3) is 0.250. The Hall–Kier alpha value is -3.00. The zero-order valence-corrected chi connectivity index (χ0v) is 12.7. The number of aromatic nitrogens is 5. The fourth-order valence-electron chi connectivity index (χ4n) is 2.77. The molecule has 3 aromatic rings. The molecule has 1 atom stereocenters. The Bertz CT molecular complexity index is 865. The van der Waals surface area contributed by atoms with Crippen molar-refractivity contribution in [2.24, 2.45) is 0 Å². The fourth-order valence-corrected chi connectivity index (χ4v) is 2.77. The van der Waals surface area contributed by atoms with Gasteiger partial charge in [0.15, 0.2) is 17.3 Å². The van der Waals surface area contributed by atoms with Crippen molar-refractivity contribution in [1.82, 2.24) is 24.7 Å². The molecule has 0 amide bonds. The summed E-state index contributed by atoms with van der Waals surface area (Å²) >= 11 is 0. The Balaban J connectivity index is 1.87. The number of ether oxygens (including phenoxy) is 1. The van der Waals surface area contributed by atoms with Crippen LogP contribution in [0.4, 0.5) is 0 Å². The standard InChI is InChI=1S/C16H15N5O3/c22-16(23)13-12(17-9-18-13)15-19-14(10-6-7-24-8-10)20-21(15)11-4-2-1-3-5-11/h1-5,9-10H,6-8H2,(H,17,18)(H,22,23)/t10-/m1/s1. The number of nitrogens with one attached hydrogen (secondary N) is 1. The van der Waals surface area contributed by atoms with Crippen LogP contribution in [0.25, 0.3) is 17.2 Å². The molecule has 122 valence electrons. The van der Waals surface area contributed by atoms with Crippen molar-refractivity contribution >= 4 is 5.97 Å². The molecule has 0 unspecified atom stereocenters. The Morgan fingerprint density at radius 3 is 2.88 bits per heavy atom. The van der Waals surface area contributed by atoms with Crippen LogP contribution in [0, 0.1) is 0 Å². The number of imidazole rings is 1. The SMILES string of the molecule is O=C(O)c1[nH]cnc1-c1nc([C@@H]2CCOC2)nn1-c1ccccc1. The Morgan fingerprint density at radius 2 is 2.17 bits per heavy atom. The Labute approximate surface area is 137 Å². The molecule has 0 aliphatic carbocycles. The molecule has 2 N–H and O–H groups in total. The second-order valence-corrected chi connectivity index (χ2v) is 5.53. The average Bonchev–Trinajstić information content (AvgIpc) is 3.33. The molecule has 1 aliphatic heterocycles. The molecular formula is C16H15N5O3. The van der Waals surface area contributed by atoms with Crippen LogP contribution in [0.2, 0.25) is 0 Å². The molecule has 0 bridgehead atoms. The molecule has 2 aromatic heterocycles. The van der Waals surface area contributed by atoms with E-state index in [0.29, 0.717) is 24.9 Å². The molecule has 1 aliphatic rings. The zero-order chi connectivity index (χ0) is 16.5. The van der Waals surface area contributed by atoms with Crippen LogP contribution < -0.4 is 0 Å². The van der Waals surface area contributed by atoms with Gasteiger partial charge in [0.25, 0.3) is 0 Å². The van der Waals surface area contributed by atoms with Crippen LogP contribution >= 0.6 is 0 Å². The first-order valence-electron chi connectivity index (χ1n) is 7.61. The number of aromatic amines is 1. The summed E-state index contributed by atoms with van der Waals surface area (Å²) in [5.74, 6) is 0.0734. The minimum absolute atomic E-state index is 0.00574. The maximum Gasteiger partial charge on any atom is 0.354 e. The minimum atomic E-state index is -1.09. The zero-order valence-electron chi connectivity index (χ0n) is 12.7. The monoisotopic (exact) mass is 325 g/mol. The summed E-state index contributed by atoms with van der Waals surface area (Å²) in [4.78, 5) is 22.8. The van der Waals surface area contributed by atoms with Gasteiger partial charge in [0.05, 0.1) is 18.6 Å². The lowest BCUT2D eigenvalue weighted by Gasteiger charge is -2.04. The van der Waals surface area contributed by atoms with Gasteiger partial charge in [0.2, 0.25) is 0 Å². The lowest BCUT2D eigenvalue weighted by atomic mass is 10.1. The van der Waals surface area contributed by atoms with Gasteiger partial charge in [-0.15, -0.1) is 0 Å². The van der Waals surface area contributed by atoms with Crippen molar-refractivity contribution in [3.63, 3.8) is 0 Å². The van der Waals surface area contributed by atoms with Gasteiger partial charge in [-0.05, 0) is 18.6 Å². The molecule has 1 fully saturated rings. The van der Waals surface area contributed by atoms with Crippen molar-refractivity contribution in [1.29, 1.82) is 0 Å². The Kier molecular flexibility index (Phi) is 3.58. The van der Waals surface area contributed by atoms with Crippen molar-refractivity contribution in [3.8, 4) is 17.2 Å². The summed E-state index contributed by atoms with van der Waals surface area (Å²) < 4.78 is 7.05. The van der Waals surface area contributed by atoms with Gasteiger partial charge in [-0.2, -0.15) is 5.10 Å². The summed E-state index contributed by atoms with van der Waals surface area (Å²) in [7, 11) is 0. The van der Waals surface area contributed by atoms with Crippen LogP contribution in [-0.2, 0) is 4.74 Å². The first-order valence-corrected chi connectivity index (χ1v) is 7.61. The number of hydrogen-bond acceptors (Lipinski definition) is 5. The maximum absolute atomic E-state index is 11.4. The van der Waals surface area contributed by atoms with Crippen LogP contribution in [0.3, 0.4) is 0 Å². The summed E-state index contributed by atoms with van der Waals surface area (Å²) in [5.41, 5.74) is 1.06. The summed E-state index contributed by atoms with van der Waals surface area (Å²) in [6, 6.07) is 9.47. The van der Waals surface area contributed by atoms with Crippen LogP contribution in [0.5, 0.6) is 0 Å². The average molecular weight is 325 g/mol. The van der Waals surface area contributed by atoms with Gasteiger partial charge in [-0.1, -0.05) is 18.2 Å². The first-order chi connectivity index (χ1) is 11.7. The van der Waals surface area contributed by atoms with Crippen molar-refractivity contribution in [2.75, 3.05) is 13.2 Å². The van der Waals surface area contributed by atoms with Crippen LogP contribution in [-0.4, -0.2) is 49.0 Å². The molecule has 0 radical (unpaired) electrons. The summed E-state index contributed by atoms with van der Waals surface area (Å²) in [6.45, 7) is 1.26. The number of hydrogen-bond donors (Lipinski definition) is 2.